The topological polar surface area (TPSA) is 29.9 Å². The van der Waals surface area contributed by atoms with Gasteiger partial charge in [0.2, 0.25) is 0 Å². The number of nitrogens with zero attached hydrogens (tertiary/aromatic N) is 2. The van der Waals surface area contributed by atoms with Crippen LogP contribution in [0.5, 0.6) is 0 Å². The van der Waals surface area contributed by atoms with Crippen LogP contribution in [0.4, 0.5) is 5.69 Å². The maximum Gasteiger partial charge on any atom is 0.0953 e. The molecule has 1 unspecified atom stereocenters. The third-order valence-electron chi connectivity index (χ3n) is 3.90. The maximum atomic E-state index is 4.38. The van der Waals surface area contributed by atoms with Crippen LogP contribution in [0.3, 0.4) is 0 Å². The van der Waals surface area contributed by atoms with Gasteiger partial charge in [0.15, 0.2) is 0 Å². The Labute approximate surface area is 124 Å². The van der Waals surface area contributed by atoms with Crippen molar-refractivity contribution in [3.8, 4) is 11.3 Å². The third kappa shape index (κ3) is 2.44. The lowest BCUT2D eigenvalue weighted by Gasteiger charge is -2.23. The summed E-state index contributed by atoms with van der Waals surface area (Å²) < 4.78 is 2.29. The van der Waals surface area contributed by atoms with E-state index in [0.717, 1.165) is 12.3 Å². The molecule has 1 aromatic carbocycles. The molecule has 2 heterocycles. The van der Waals surface area contributed by atoms with Gasteiger partial charge in [-0.25, -0.2) is 4.98 Å². The molecule has 2 aromatic rings. The summed E-state index contributed by atoms with van der Waals surface area (Å²) in [6, 6.07) is 7.06. The minimum Gasteiger partial charge on any atom is -0.384 e. The lowest BCUT2D eigenvalue weighted by molar-refractivity contribution is 0.615. The summed E-state index contributed by atoms with van der Waals surface area (Å²) in [5.41, 5.74) is 5.24. The van der Waals surface area contributed by atoms with Crippen molar-refractivity contribution in [2.24, 2.45) is 0 Å². The summed E-state index contributed by atoms with van der Waals surface area (Å²) >= 11 is 1.88. The van der Waals surface area contributed by atoms with Crippen molar-refractivity contribution < 1.29 is 0 Å². The normalized spacial score (nSPS) is 15.5. The quantitative estimate of drug-likeness (QED) is 0.927. The third-order valence-corrected chi connectivity index (χ3v) is 4.72. The molecule has 0 saturated carbocycles. The van der Waals surface area contributed by atoms with Crippen LogP contribution >= 0.6 is 11.8 Å². The number of nitrogens with one attached hydrogen (secondary N) is 1. The number of para-hydroxylation sites is 1. The van der Waals surface area contributed by atoms with Gasteiger partial charge >= 0.3 is 0 Å². The first-order chi connectivity index (χ1) is 9.81. The van der Waals surface area contributed by atoms with Gasteiger partial charge in [0, 0.05) is 29.6 Å². The molecule has 0 aliphatic carbocycles. The van der Waals surface area contributed by atoms with E-state index in [2.05, 4.69) is 46.2 Å². The van der Waals surface area contributed by atoms with Crippen LogP contribution in [0.15, 0.2) is 30.7 Å². The van der Waals surface area contributed by atoms with Crippen LogP contribution in [0, 0.1) is 0 Å². The Kier molecular flexibility index (Phi) is 4.01. The number of thioether (sulfide) groups is 1. The average Bonchev–Trinajstić information content (AvgIpc) is 2.96. The number of benzene rings is 1. The smallest absolute Gasteiger partial charge is 0.0953 e. The largest absolute Gasteiger partial charge is 0.384 e. The Morgan fingerprint density at radius 1 is 1.45 bits per heavy atom. The van der Waals surface area contributed by atoms with E-state index < -0.39 is 0 Å². The second-order valence-electron chi connectivity index (χ2n) is 5.36. The molecule has 3 rings (SSSR count). The predicted molar refractivity (Wildman–Crippen MR) is 87.6 cm³/mol. The first-order valence-electron chi connectivity index (χ1n) is 7.18. The van der Waals surface area contributed by atoms with Crippen LogP contribution in [-0.2, 0) is 6.42 Å². The van der Waals surface area contributed by atoms with Crippen molar-refractivity contribution in [2.75, 3.05) is 23.9 Å². The maximum absolute atomic E-state index is 4.38. The second-order valence-corrected chi connectivity index (χ2v) is 6.27. The standard InChI is InChI=1S/C16H21N3S/c1-12(10-20-2)19-11-17-9-15(19)14-7-3-5-13-6-4-8-18-16(13)14/h3,5,7,9,11-12,18H,4,6,8,10H2,1-2H3. The minimum absolute atomic E-state index is 0.460. The van der Waals surface area contributed by atoms with Crippen molar-refractivity contribution in [1.82, 2.24) is 9.55 Å². The molecule has 0 bridgehead atoms. The van der Waals surface area contributed by atoms with Gasteiger partial charge in [-0.3, -0.25) is 0 Å². The summed E-state index contributed by atoms with van der Waals surface area (Å²) in [6.45, 7) is 3.32. The van der Waals surface area contributed by atoms with Crippen molar-refractivity contribution in [3.05, 3.63) is 36.3 Å². The minimum atomic E-state index is 0.460. The van der Waals surface area contributed by atoms with Crippen molar-refractivity contribution in [3.63, 3.8) is 0 Å². The molecular formula is C16H21N3S. The van der Waals surface area contributed by atoms with Gasteiger partial charge in [-0.05, 0) is 31.6 Å². The highest BCUT2D eigenvalue weighted by Crippen LogP contribution is 2.34. The van der Waals surface area contributed by atoms with Gasteiger partial charge in [0.1, 0.15) is 0 Å². The van der Waals surface area contributed by atoms with Crippen molar-refractivity contribution >= 4 is 17.4 Å². The molecule has 1 aromatic heterocycles. The van der Waals surface area contributed by atoms with Crippen LogP contribution in [0.2, 0.25) is 0 Å². The zero-order valence-corrected chi connectivity index (χ0v) is 12.9. The summed E-state index contributed by atoms with van der Waals surface area (Å²) in [5, 5.41) is 3.57. The first-order valence-corrected chi connectivity index (χ1v) is 8.57. The second kappa shape index (κ2) is 5.92. The number of hydrogen-bond donors (Lipinski definition) is 1. The van der Waals surface area contributed by atoms with E-state index in [1.54, 1.807) is 0 Å². The van der Waals surface area contributed by atoms with Gasteiger partial charge in [0.25, 0.3) is 0 Å². The Bertz CT molecular complexity index is 591. The molecule has 0 amide bonds. The van der Waals surface area contributed by atoms with E-state index in [0.29, 0.717) is 6.04 Å². The lowest BCUT2D eigenvalue weighted by Crippen LogP contribution is -2.14. The molecule has 0 spiro atoms. The Morgan fingerprint density at radius 2 is 2.35 bits per heavy atom. The zero-order valence-electron chi connectivity index (χ0n) is 12.1. The number of fused-ring (bicyclic) bond motifs is 1. The molecule has 0 fully saturated rings. The van der Waals surface area contributed by atoms with Crippen LogP contribution in [0.1, 0.15) is 24.9 Å². The SMILES string of the molecule is CSCC(C)n1cncc1-c1cccc2c1NCCC2. The van der Waals surface area contributed by atoms with Crippen LogP contribution in [0.25, 0.3) is 11.3 Å². The van der Waals surface area contributed by atoms with Crippen molar-refractivity contribution in [2.45, 2.75) is 25.8 Å². The number of rotatable bonds is 4. The summed E-state index contributed by atoms with van der Waals surface area (Å²) in [5.74, 6) is 1.10. The molecule has 0 saturated heterocycles. The monoisotopic (exact) mass is 287 g/mol. The molecule has 106 valence electrons. The lowest BCUT2D eigenvalue weighted by atomic mass is 9.98. The van der Waals surface area contributed by atoms with E-state index in [1.165, 1.54) is 35.3 Å². The highest BCUT2D eigenvalue weighted by molar-refractivity contribution is 7.98. The van der Waals surface area contributed by atoms with Gasteiger partial charge in [-0.1, -0.05) is 18.2 Å². The van der Waals surface area contributed by atoms with E-state index >= 15 is 0 Å². The van der Waals surface area contributed by atoms with Gasteiger partial charge in [-0.2, -0.15) is 11.8 Å². The highest BCUT2D eigenvalue weighted by atomic mass is 32.2. The Balaban J connectivity index is 2.04. The summed E-state index contributed by atoms with van der Waals surface area (Å²) in [4.78, 5) is 4.38. The molecular weight excluding hydrogens is 266 g/mol. The van der Waals surface area contributed by atoms with E-state index in [4.69, 9.17) is 0 Å². The highest BCUT2D eigenvalue weighted by Gasteiger charge is 2.17. The van der Waals surface area contributed by atoms with Crippen LogP contribution in [-0.4, -0.2) is 28.1 Å². The molecule has 20 heavy (non-hydrogen) atoms. The molecule has 1 N–H and O–H groups in total. The number of aromatic nitrogens is 2. The van der Waals surface area contributed by atoms with E-state index in [9.17, 15) is 0 Å². The Hall–Kier alpha value is -1.42. The molecule has 0 radical (unpaired) electrons. The fraction of sp³-hybridized carbons (Fsp3) is 0.438. The zero-order chi connectivity index (χ0) is 13.9. The number of aryl methyl sites for hydroxylation is 1. The first kappa shape index (κ1) is 13.6. The van der Waals surface area contributed by atoms with Crippen LogP contribution < -0.4 is 5.32 Å². The van der Waals surface area contributed by atoms with E-state index in [-0.39, 0.29) is 0 Å². The fourth-order valence-corrected chi connectivity index (χ4v) is 3.55. The molecule has 1 atom stereocenters. The average molecular weight is 287 g/mol. The van der Waals surface area contributed by atoms with E-state index in [1.807, 2.05) is 24.3 Å². The molecule has 1 aliphatic heterocycles. The summed E-state index contributed by atoms with van der Waals surface area (Å²) in [6.07, 6.45) is 8.49. The predicted octanol–water partition coefficient (Wildman–Crippen LogP) is 3.83. The molecule has 1 aliphatic rings. The molecule has 4 heteroatoms. The van der Waals surface area contributed by atoms with Gasteiger partial charge in [0.05, 0.1) is 18.2 Å². The van der Waals surface area contributed by atoms with Crippen molar-refractivity contribution in [1.29, 1.82) is 0 Å². The number of imidazole rings is 1. The van der Waals surface area contributed by atoms with Gasteiger partial charge < -0.3 is 9.88 Å². The Morgan fingerprint density at radius 3 is 3.20 bits per heavy atom. The number of hydrogen-bond acceptors (Lipinski definition) is 3. The van der Waals surface area contributed by atoms with Gasteiger partial charge in [-0.15, -0.1) is 0 Å². The number of anilines is 1. The summed E-state index contributed by atoms with van der Waals surface area (Å²) in [7, 11) is 0. The molecule has 3 nitrogen and oxygen atoms in total. The fourth-order valence-electron chi connectivity index (χ4n) is 2.91.